The Morgan fingerprint density at radius 3 is 2.75 bits per heavy atom. The maximum Gasteiger partial charge on any atom is 0.227 e. The van der Waals surface area contributed by atoms with E-state index in [0.29, 0.717) is 12.0 Å². The Kier molecular flexibility index (Phi) is 4.71. The highest BCUT2D eigenvalue weighted by Crippen LogP contribution is 2.41. The van der Waals surface area contributed by atoms with Gasteiger partial charge in [0, 0.05) is 18.5 Å². The van der Waals surface area contributed by atoms with Crippen LogP contribution in [0.3, 0.4) is 0 Å². The topological polar surface area (TPSA) is 41.1 Å². The Labute approximate surface area is 126 Å². The number of piperidine rings is 1. The number of carbonyl (C=O) groups excluding carboxylic acids is 1. The summed E-state index contributed by atoms with van der Waals surface area (Å²) in [7, 11) is 0. The van der Waals surface area contributed by atoms with Gasteiger partial charge in [0.15, 0.2) is 0 Å². The Bertz CT molecular complexity index is 457. The molecule has 1 aliphatic carbocycles. The largest absolute Gasteiger partial charge is 0.352 e. The van der Waals surface area contributed by atoms with Crippen LogP contribution in [-0.4, -0.2) is 25.0 Å². The molecule has 2 fully saturated rings. The van der Waals surface area contributed by atoms with Crippen molar-refractivity contribution in [3.63, 3.8) is 0 Å². The van der Waals surface area contributed by atoms with Crippen LogP contribution in [0.25, 0.3) is 0 Å². The monoisotopic (exact) mass is 294 g/mol. The molecule has 1 aromatic carbocycles. The molecule has 3 unspecified atom stereocenters. The van der Waals surface area contributed by atoms with Gasteiger partial charge < -0.3 is 10.6 Å². The van der Waals surface area contributed by atoms with Crippen molar-refractivity contribution in [1.29, 1.82) is 0 Å². The van der Waals surface area contributed by atoms with Crippen LogP contribution < -0.4 is 10.6 Å². The second kappa shape index (κ2) is 6.15. The van der Waals surface area contributed by atoms with Crippen molar-refractivity contribution >= 4 is 18.3 Å². The molecule has 1 aliphatic heterocycles. The minimum atomic E-state index is -0.220. The molecule has 1 saturated carbocycles. The summed E-state index contributed by atoms with van der Waals surface area (Å²) in [5, 5.41) is 6.57. The van der Waals surface area contributed by atoms with Crippen LogP contribution in [0.1, 0.15) is 37.7 Å². The first-order chi connectivity index (χ1) is 9.19. The van der Waals surface area contributed by atoms with E-state index in [-0.39, 0.29) is 23.7 Å². The molecule has 1 aromatic rings. The summed E-state index contributed by atoms with van der Waals surface area (Å²) in [5.41, 5.74) is 1.13. The fourth-order valence-electron chi connectivity index (χ4n) is 3.02. The van der Waals surface area contributed by atoms with Crippen molar-refractivity contribution in [2.75, 3.05) is 13.1 Å². The van der Waals surface area contributed by atoms with Crippen molar-refractivity contribution in [2.24, 2.45) is 5.41 Å². The van der Waals surface area contributed by atoms with E-state index in [1.165, 1.54) is 5.56 Å². The predicted octanol–water partition coefficient (Wildman–Crippen LogP) is 2.47. The summed E-state index contributed by atoms with van der Waals surface area (Å²) in [4.78, 5) is 12.4. The lowest BCUT2D eigenvalue weighted by molar-refractivity contribution is -0.131. The summed E-state index contributed by atoms with van der Waals surface area (Å²) < 4.78 is 0. The molecule has 2 N–H and O–H groups in total. The van der Waals surface area contributed by atoms with Gasteiger partial charge in [-0.15, -0.1) is 12.4 Å². The van der Waals surface area contributed by atoms with Gasteiger partial charge in [-0.1, -0.05) is 30.3 Å². The molecule has 3 rings (SSSR count). The molecule has 0 bridgehead atoms. The van der Waals surface area contributed by atoms with Gasteiger partial charge in [0.2, 0.25) is 5.91 Å². The highest BCUT2D eigenvalue weighted by atomic mass is 35.5. The quantitative estimate of drug-likeness (QED) is 0.899. The smallest absolute Gasteiger partial charge is 0.227 e. The molecule has 3 atom stereocenters. The van der Waals surface area contributed by atoms with E-state index in [2.05, 4.69) is 41.8 Å². The minimum absolute atomic E-state index is 0. The van der Waals surface area contributed by atoms with E-state index < -0.39 is 0 Å². The zero-order chi connectivity index (χ0) is 13.3. The molecule has 1 amide bonds. The van der Waals surface area contributed by atoms with Crippen LogP contribution >= 0.6 is 12.4 Å². The van der Waals surface area contributed by atoms with Gasteiger partial charge >= 0.3 is 0 Å². The van der Waals surface area contributed by atoms with Crippen molar-refractivity contribution in [1.82, 2.24) is 10.6 Å². The molecular weight excluding hydrogens is 272 g/mol. The van der Waals surface area contributed by atoms with E-state index >= 15 is 0 Å². The summed E-state index contributed by atoms with van der Waals surface area (Å²) in [6.07, 6.45) is 3.17. The minimum Gasteiger partial charge on any atom is -0.352 e. The van der Waals surface area contributed by atoms with Crippen LogP contribution in [0.2, 0.25) is 0 Å². The number of halogens is 1. The molecule has 1 heterocycles. The first-order valence-electron chi connectivity index (χ1n) is 7.26. The van der Waals surface area contributed by atoms with Crippen LogP contribution in [0.4, 0.5) is 0 Å². The normalized spacial score (nSPS) is 32.0. The van der Waals surface area contributed by atoms with Crippen LogP contribution in [-0.2, 0) is 4.79 Å². The predicted molar refractivity (Wildman–Crippen MR) is 83.2 cm³/mol. The second-order valence-electron chi connectivity index (χ2n) is 6.17. The van der Waals surface area contributed by atoms with Crippen LogP contribution in [0.5, 0.6) is 0 Å². The van der Waals surface area contributed by atoms with Gasteiger partial charge in [0.1, 0.15) is 0 Å². The highest BCUT2D eigenvalue weighted by Gasteiger charge is 2.43. The van der Waals surface area contributed by atoms with Crippen molar-refractivity contribution in [3.05, 3.63) is 35.9 Å². The Balaban J connectivity index is 0.00000147. The third kappa shape index (κ3) is 3.15. The summed E-state index contributed by atoms with van der Waals surface area (Å²) >= 11 is 0. The van der Waals surface area contributed by atoms with Gasteiger partial charge in [0.25, 0.3) is 0 Å². The Morgan fingerprint density at radius 2 is 2.10 bits per heavy atom. The second-order valence-corrected chi connectivity index (χ2v) is 6.17. The molecule has 3 nitrogen and oxygen atoms in total. The van der Waals surface area contributed by atoms with E-state index in [1.807, 2.05) is 6.07 Å². The maximum absolute atomic E-state index is 12.4. The van der Waals surface area contributed by atoms with Gasteiger partial charge in [-0.3, -0.25) is 4.79 Å². The third-order valence-corrected chi connectivity index (χ3v) is 4.48. The fourth-order valence-corrected chi connectivity index (χ4v) is 3.02. The molecule has 110 valence electrons. The number of nitrogens with one attached hydrogen (secondary N) is 2. The van der Waals surface area contributed by atoms with E-state index in [0.717, 1.165) is 32.4 Å². The molecular formula is C16H23ClN2O. The number of carbonyl (C=O) groups is 1. The molecule has 1 saturated heterocycles. The van der Waals surface area contributed by atoms with Gasteiger partial charge in [0.05, 0.1) is 5.41 Å². The molecule has 2 aliphatic rings. The maximum atomic E-state index is 12.4. The highest BCUT2D eigenvalue weighted by molar-refractivity contribution is 5.85. The standard InChI is InChI=1S/C16H22N2O.ClH/c1-16(8-5-9-17-11-16)15(19)18-14-10-13(14)12-6-3-2-4-7-12;/h2-4,6-7,13-14,17H,5,8-11H2,1H3,(H,18,19);1H. The molecule has 0 aromatic heterocycles. The lowest BCUT2D eigenvalue weighted by Crippen LogP contribution is -2.49. The average Bonchev–Trinajstić information content (AvgIpc) is 3.20. The van der Waals surface area contributed by atoms with Crippen molar-refractivity contribution in [2.45, 2.75) is 38.1 Å². The van der Waals surface area contributed by atoms with Crippen molar-refractivity contribution < 1.29 is 4.79 Å². The fraction of sp³-hybridized carbons (Fsp3) is 0.562. The number of hydrogen-bond donors (Lipinski definition) is 2. The van der Waals surface area contributed by atoms with Gasteiger partial charge in [-0.25, -0.2) is 0 Å². The van der Waals surface area contributed by atoms with Crippen LogP contribution in [0.15, 0.2) is 30.3 Å². The first kappa shape index (κ1) is 15.3. The zero-order valence-corrected chi connectivity index (χ0v) is 12.7. The number of rotatable bonds is 3. The molecule has 0 spiro atoms. The van der Waals surface area contributed by atoms with E-state index in [1.54, 1.807) is 0 Å². The molecule has 4 heteroatoms. The molecule has 0 radical (unpaired) electrons. The van der Waals surface area contributed by atoms with E-state index in [9.17, 15) is 4.79 Å². The number of benzene rings is 1. The summed E-state index contributed by atoms with van der Waals surface area (Å²) in [6.45, 7) is 3.93. The molecule has 20 heavy (non-hydrogen) atoms. The van der Waals surface area contributed by atoms with Crippen molar-refractivity contribution in [3.8, 4) is 0 Å². The van der Waals surface area contributed by atoms with Gasteiger partial charge in [-0.05, 0) is 38.3 Å². The lowest BCUT2D eigenvalue weighted by atomic mass is 9.82. The van der Waals surface area contributed by atoms with E-state index in [4.69, 9.17) is 0 Å². The lowest BCUT2D eigenvalue weighted by Gasteiger charge is -2.32. The first-order valence-corrected chi connectivity index (χ1v) is 7.26. The van der Waals surface area contributed by atoms with Crippen LogP contribution in [0, 0.1) is 5.41 Å². The zero-order valence-electron chi connectivity index (χ0n) is 11.9. The number of amides is 1. The summed E-state index contributed by atoms with van der Waals surface area (Å²) in [6, 6.07) is 10.8. The third-order valence-electron chi connectivity index (χ3n) is 4.48. The number of hydrogen-bond acceptors (Lipinski definition) is 2. The average molecular weight is 295 g/mol. The Morgan fingerprint density at radius 1 is 1.35 bits per heavy atom. The Hall–Kier alpha value is -1.06. The summed E-state index contributed by atoms with van der Waals surface area (Å²) in [5.74, 6) is 0.744. The SMILES string of the molecule is CC1(C(=O)NC2CC2c2ccccc2)CCCNC1.Cl. The van der Waals surface area contributed by atoms with Gasteiger partial charge in [-0.2, -0.15) is 0 Å².